The number of phenols is 1. The smallest absolute Gasteiger partial charge is 0.273 e. The molecule has 2 N–H and O–H groups in total. The van der Waals surface area contributed by atoms with Gasteiger partial charge in [-0.2, -0.15) is 0 Å². The lowest BCUT2D eigenvalue weighted by Crippen LogP contribution is -2.12. The first kappa shape index (κ1) is 12.8. The van der Waals surface area contributed by atoms with Gasteiger partial charge in [0, 0.05) is 0 Å². The highest BCUT2D eigenvalue weighted by Gasteiger charge is 2.18. The Hall–Kier alpha value is -1.60. The lowest BCUT2D eigenvalue weighted by molar-refractivity contribution is 0.475. The molecule has 2 rings (SSSR count). The largest absolute Gasteiger partial charge is 0.508 e. The second-order valence-corrected chi connectivity index (χ2v) is 6.95. The normalized spacial score (nSPS) is 11.4. The third kappa shape index (κ3) is 2.62. The number of thiazole rings is 1. The summed E-state index contributed by atoms with van der Waals surface area (Å²) in [4.78, 5) is 3.92. The third-order valence-corrected chi connectivity index (χ3v) is 5.06. The van der Waals surface area contributed by atoms with Crippen LogP contribution in [0.4, 0.5) is 5.69 Å². The van der Waals surface area contributed by atoms with Crippen molar-refractivity contribution in [1.29, 1.82) is 0 Å². The second-order valence-electron chi connectivity index (χ2n) is 3.80. The third-order valence-electron chi connectivity index (χ3n) is 2.32. The second kappa shape index (κ2) is 4.58. The van der Waals surface area contributed by atoms with Crippen LogP contribution in [-0.2, 0) is 10.0 Å². The summed E-state index contributed by atoms with van der Waals surface area (Å²) >= 11 is 1.11. The van der Waals surface area contributed by atoms with E-state index in [1.165, 1.54) is 24.4 Å². The number of nitrogens with one attached hydrogen (secondary N) is 1. The zero-order valence-corrected chi connectivity index (χ0v) is 11.5. The standard InChI is InChI=1S/C11H12N2O3S2/c1-7-5-9(14)3-4-10(7)13-18(15,16)11-6-12-8(2)17-11/h3-6,13-14H,1-2H3. The molecule has 0 fully saturated rings. The number of phenolic OH excluding ortho intramolecular Hbond substituents is 1. The number of aryl methyl sites for hydroxylation is 2. The molecule has 0 saturated carbocycles. The fourth-order valence-corrected chi connectivity index (χ4v) is 3.66. The molecule has 2 aromatic rings. The fourth-order valence-electron chi connectivity index (χ4n) is 1.42. The van der Waals surface area contributed by atoms with Crippen LogP contribution in [0.3, 0.4) is 0 Å². The Labute approximate surface area is 109 Å². The van der Waals surface area contributed by atoms with Crippen LogP contribution in [0.1, 0.15) is 10.6 Å². The van der Waals surface area contributed by atoms with Crippen LogP contribution in [0.15, 0.2) is 28.6 Å². The number of nitrogens with zero attached hydrogens (tertiary/aromatic N) is 1. The minimum Gasteiger partial charge on any atom is -0.508 e. The number of aromatic hydroxyl groups is 1. The first-order valence-electron chi connectivity index (χ1n) is 5.13. The Morgan fingerprint density at radius 2 is 2.06 bits per heavy atom. The highest BCUT2D eigenvalue weighted by molar-refractivity contribution is 7.94. The summed E-state index contributed by atoms with van der Waals surface area (Å²) in [5, 5.41) is 9.96. The summed E-state index contributed by atoms with van der Waals surface area (Å²) in [6.07, 6.45) is 1.33. The van der Waals surface area contributed by atoms with E-state index in [1.54, 1.807) is 13.8 Å². The molecule has 1 heterocycles. The molecule has 96 valence electrons. The zero-order chi connectivity index (χ0) is 13.3. The molecule has 18 heavy (non-hydrogen) atoms. The first-order chi connectivity index (χ1) is 8.38. The van der Waals surface area contributed by atoms with Crippen molar-refractivity contribution < 1.29 is 13.5 Å². The van der Waals surface area contributed by atoms with Crippen molar-refractivity contribution in [2.45, 2.75) is 18.1 Å². The Kier molecular flexibility index (Phi) is 3.27. The molecule has 0 aliphatic rings. The fraction of sp³-hybridized carbons (Fsp3) is 0.182. The van der Waals surface area contributed by atoms with Gasteiger partial charge in [0.15, 0.2) is 4.21 Å². The van der Waals surface area contributed by atoms with Gasteiger partial charge in [-0.1, -0.05) is 0 Å². The van der Waals surface area contributed by atoms with Crippen molar-refractivity contribution in [3.8, 4) is 5.75 Å². The van der Waals surface area contributed by atoms with Crippen molar-refractivity contribution in [1.82, 2.24) is 4.98 Å². The molecule has 5 nitrogen and oxygen atoms in total. The molecule has 0 radical (unpaired) electrons. The van der Waals surface area contributed by atoms with Gasteiger partial charge in [-0.15, -0.1) is 11.3 Å². The summed E-state index contributed by atoms with van der Waals surface area (Å²) in [5.74, 6) is 0.101. The van der Waals surface area contributed by atoms with Gasteiger partial charge >= 0.3 is 0 Å². The molecule has 7 heteroatoms. The number of hydrogen-bond acceptors (Lipinski definition) is 5. The molecule has 0 aliphatic carbocycles. The van der Waals surface area contributed by atoms with Crippen LogP contribution in [0.5, 0.6) is 5.75 Å². The molecular weight excluding hydrogens is 272 g/mol. The van der Waals surface area contributed by atoms with E-state index in [2.05, 4.69) is 9.71 Å². The lowest BCUT2D eigenvalue weighted by Gasteiger charge is -2.09. The van der Waals surface area contributed by atoms with E-state index in [4.69, 9.17) is 0 Å². The van der Waals surface area contributed by atoms with Crippen LogP contribution in [0.25, 0.3) is 0 Å². The molecule has 0 atom stereocenters. The van der Waals surface area contributed by atoms with E-state index < -0.39 is 10.0 Å². The van der Waals surface area contributed by atoms with Crippen LogP contribution >= 0.6 is 11.3 Å². The van der Waals surface area contributed by atoms with Crippen molar-refractivity contribution in [3.05, 3.63) is 35.0 Å². The van der Waals surface area contributed by atoms with Gasteiger partial charge < -0.3 is 5.11 Å². The van der Waals surface area contributed by atoms with Gasteiger partial charge in [0.05, 0.1) is 16.9 Å². The SMILES string of the molecule is Cc1ncc(S(=O)(=O)Nc2ccc(O)cc2C)s1. The molecule has 1 aromatic heterocycles. The summed E-state index contributed by atoms with van der Waals surface area (Å²) in [6.45, 7) is 3.46. The molecule has 0 aliphatic heterocycles. The van der Waals surface area contributed by atoms with Gasteiger partial charge in [0.2, 0.25) is 0 Å². The highest BCUT2D eigenvalue weighted by Crippen LogP contribution is 2.25. The molecule has 0 bridgehead atoms. The topological polar surface area (TPSA) is 79.3 Å². The Balaban J connectivity index is 2.33. The predicted molar refractivity (Wildman–Crippen MR) is 70.5 cm³/mol. The van der Waals surface area contributed by atoms with E-state index in [-0.39, 0.29) is 9.96 Å². The summed E-state index contributed by atoms with van der Waals surface area (Å²) in [6, 6.07) is 4.45. The number of aromatic nitrogens is 1. The van der Waals surface area contributed by atoms with Gasteiger partial charge in [0.25, 0.3) is 10.0 Å². The van der Waals surface area contributed by atoms with Crippen molar-refractivity contribution in [2.24, 2.45) is 0 Å². The maximum atomic E-state index is 12.0. The first-order valence-corrected chi connectivity index (χ1v) is 7.43. The molecule has 0 spiro atoms. The van der Waals surface area contributed by atoms with Gasteiger partial charge in [0.1, 0.15) is 5.75 Å². The van der Waals surface area contributed by atoms with E-state index in [0.29, 0.717) is 16.3 Å². The number of hydrogen-bond donors (Lipinski definition) is 2. The predicted octanol–water partition coefficient (Wildman–Crippen LogP) is 2.27. The van der Waals surface area contributed by atoms with E-state index in [0.717, 1.165) is 11.3 Å². The van der Waals surface area contributed by atoms with Gasteiger partial charge in [-0.25, -0.2) is 13.4 Å². The minimum atomic E-state index is -3.60. The quantitative estimate of drug-likeness (QED) is 0.847. The van der Waals surface area contributed by atoms with Crippen molar-refractivity contribution in [3.63, 3.8) is 0 Å². The maximum Gasteiger partial charge on any atom is 0.273 e. The highest BCUT2D eigenvalue weighted by atomic mass is 32.2. The maximum absolute atomic E-state index is 12.0. The Morgan fingerprint density at radius 1 is 1.33 bits per heavy atom. The number of anilines is 1. The molecule has 0 saturated heterocycles. The van der Waals surface area contributed by atoms with Gasteiger partial charge in [-0.3, -0.25) is 4.72 Å². The van der Waals surface area contributed by atoms with Gasteiger partial charge in [-0.05, 0) is 37.6 Å². The van der Waals surface area contributed by atoms with Crippen LogP contribution in [-0.4, -0.2) is 18.5 Å². The molecule has 0 unspecified atom stereocenters. The lowest BCUT2D eigenvalue weighted by atomic mass is 10.2. The zero-order valence-electron chi connectivity index (χ0n) is 9.84. The summed E-state index contributed by atoms with van der Waals surface area (Å²) in [7, 11) is -3.60. The number of rotatable bonds is 3. The molecule has 0 amide bonds. The van der Waals surface area contributed by atoms with E-state index in [1.807, 2.05) is 0 Å². The Bertz CT molecular complexity index is 677. The van der Waals surface area contributed by atoms with Crippen LogP contribution < -0.4 is 4.72 Å². The number of sulfonamides is 1. The average Bonchev–Trinajstić information content (AvgIpc) is 2.70. The van der Waals surface area contributed by atoms with Crippen LogP contribution in [0, 0.1) is 13.8 Å². The average molecular weight is 284 g/mol. The Morgan fingerprint density at radius 3 is 2.61 bits per heavy atom. The number of benzene rings is 1. The minimum absolute atomic E-state index is 0.101. The monoisotopic (exact) mass is 284 g/mol. The van der Waals surface area contributed by atoms with Crippen LogP contribution in [0.2, 0.25) is 0 Å². The van der Waals surface area contributed by atoms with E-state index >= 15 is 0 Å². The van der Waals surface area contributed by atoms with E-state index in [9.17, 15) is 13.5 Å². The van der Waals surface area contributed by atoms with Crippen molar-refractivity contribution >= 4 is 27.0 Å². The summed E-state index contributed by atoms with van der Waals surface area (Å²) < 4.78 is 26.7. The van der Waals surface area contributed by atoms with Crippen molar-refractivity contribution in [2.75, 3.05) is 4.72 Å². The molecular formula is C11H12N2O3S2. The molecule has 1 aromatic carbocycles. The summed E-state index contributed by atoms with van der Waals surface area (Å²) in [5.41, 5.74) is 1.10.